The Balaban J connectivity index is 1.54. The third-order valence-corrected chi connectivity index (χ3v) is 5.35. The van der Waals surface area contributed by atoms with Gasteiger partial charge in [-0.2, -0.15) is 10.2 Å². The summed E-state index contributed by atoms with van der Waals surface area (Å²) < 4.78 is 0. The summed E-state index contributed by atoms with van der Waals surface area (Å²) in [5.41, 5.74) is 5.45. The highest BCUT2D eigenvalue weighted by atomic mass is 35.5. The molecule has 0 bridgehead atoms. The molecule has 0 aliphatic carbocycles. The minimum Gasteiger partial charge on any atom is -0.299 e. The number of hydrogen-bond acceptors (Lipinski definition) is 7. The van der Waals surface area contributed by atoms with E-state index >= 15 is 0 Å². The van der Waals surface area contributed by atoms with Crippen LogP contribution in [0, 0.1) is 0 Å². The van der Waals surface area contributed by atoms with Gasteiger partial charge in [-0.3, -0.25) is 4.79 Å². The van der Waals surface area contributed by atoms with E-state index in [1.807, 2.05) is 0 Å². The van der Waals surface area contributed by atoms with Gasteiger partial charge in [-0.1, -0.05) is 25.4 Å². The zero-order valence-corrected chi connectivity index (χ0v) is 16.9. The van der Waals surface area contributed by atoms with E-state index in [1.165, 1.54) is 16.1 Å². The molecule has 4 aromatic rings. The smallest absolute Gasteiger partial charge is 0.193 e. The molecule has 0 radical (unpaired) electrons. The Morgan fingerprint density at radius 1 is 1.14 bits per heavy atom. The van der Waals surface area contributed by atoms with Crippen LogP contribution >= 0.6 is 22.9 Å². The number of halogens is 1. The van der Waals surface area contributed by atoms with Crippen LogP contribution in [0.2, 0.25) is 5.02 Å². The fourth-order valence-electron chi connectivity index (χ4n) is 3.20. The van der Waals surface area contributed by atoms with Gasteiger partial charge in [-0.05, 0) is 28.7 Å². The van der Waals surface area contributed by atoms with Crippen LogP contribution in [0.1, 0.15) is 36.5 Å². The van der Waals surface area contributed by atoms with Crippen LogP contribution in [0.25, 0.3) is 16.2 Å². The molecule has 142 valence electrons. The highest BCUT2D eigenvalue weighted by Crippen LogP contribution is 2.29. The summed E-state index contributed by atoms with van der Waals surface area (Å²) >= 11 is 7.80. The van der Waals surface area contributed by atoms with Crippen LogP contribution in [-0.4, -0.2) is 35.7 Å². The third kappa shape index (κ3) is 3.65. The Morgan fingerprint density at radius 3 is 2.64 bits per heavy atom. The van der Waals surface area contributed by atoms with Crippen molar-refractivity contribution < 1.29 is 4.79 Å². The van der Waals surface area contributed by atoms with Crippen molar-refractivity contribution in [2.45, 2.75) is 32.6 Å². The maximum atomic E-state index is 12.7. The van der Waals surface area contributed by atoms with Gasteiger partial charge in [0.1, 0.15) is 16.1 Å². The van der Waals surface area contributed by atoms with E-state index in [2.05, 4.69) is 39.0 Å². The standard InChI is InChI=1S/C19H17ClN6OS/c1-11(2)16-13(9-22-19-17(16)23-10-28-19)7-14(27)5-12-6-15(20)18(21-8-12)26-24-3-4-25-26/h3-4,6,8-11H,5,7H2,1-2H3. The first-order valence-corrected chi connectivity index (χ1v) is 10.0. The molecular weight excluding hydrogens is 396 g/mol. The van der Waals surface area contributed by atoms with Crippen molar-refractivity contribution in [2.75, 3.05) is 0 Å². The van der Waals surface area contributed by atoms with Crippen molar-refractivity contribution in [1.29, 1.82) is 0 Å². The second-order valence-electron chi connectivity index (χ2n) is 6.72. The second kappa shape index (κ2) is 7.73. The quantitative estimate of drug-likeness (QED) is 0.478. The summed E-state index contributed by atoms with van der Waals surface area (Å²) in [5.74, 6) is 0.761. The number of fused-ring (bicyclic) bond motifs is 1. The molecule has 7 nitrogen and oxygen atoms in total. The molecule has 0 unspecified atom stereocenters. The Bertz CT molecular complexity index is 1140. The van der Waals surface area contributed by atoms with Crippen LogP contribution in [0.5, 0.6) is 0 Å². The van der Waals surface area contributed by atoms with E-state index in [4.69, 9.17) is 11.6 Å². The number of rotatable bonds is 6. The van der Waals surface area contributed by atoms with Crippen molar-refractivity contribution >= 4 is 39.1 Å². The highest BCUT2D eigenvalue weighted by molar-refractivity contribution is 7.16. The molecule has 0 atom stereocenters. The molecule has 0 saturated heterocycles. The molecular formula is C19H17ClN6OS. The van der Waals surface area contributed by atoms with Crippen molar-refractivity contribution in [3.8, 4) is 5.82 Å². The zero-order valence-electron chi connectivity index (χ0n) is 15.3. The molecule has 0 aliphatic rings. The second-order valence-corrected chi connectivity index (χ2v) is 7.96. The summed E-state index contributed by atoms with van der Waals surface area (Å²) in [6.07, 6.45) is 7.07. The maximum absolute atomic E-state index is 12.7. The monoisotopic (exact) mass is 412 g/mol. The Morgan fingerprint density at radius 2 is 1.93 bits per heavy atom. The number of Topliss-reactive ketones (excluding diaryl/α,β-unsaturated/α-hetero) is 1. The van der Waals surface area contributed by atoms with E-state index in [0.717, 1.165) is 27.0 Å². The molecule has 9 heteroatoms. The number of carbonyl (C=O) groups is 1. The van der Waals surface area contributed by atoms with E-state index in [0.29, 0.717) is 17.3 Å². The fourth-order valence-corrected chi connectivity index (χ4v) is 4.11. The number of thiazole rings is 1. The minimum atomic E-state index is 0.0705. The van der Waals surface area contributed by atoms with Crippen LogP contribution in [0.3, 0.4) is 0 Å². The molecule has 28 heavy (non-hydrogen) atoms. The third-order valence-electron chi connectivity index (χ3n) is 4.34. The molecule has 0 spiro atoms. The van der Waals surface area contributed by atoms with Gasteiger partial charge < -0.3 is 0 Å². The van der Waals surface area contributed by atoms with Crippen molar-refractivity contribution in [3.63, 3.8) is 0 Å². The lowest BCUT2D eigenvalue weighted by Gasteiger charge is -2.13. The molecule has 0 saturated carbocycles. The average molecular weight is 413 g/mol. The Hall–Kier alpha value is -2.71. The fraction of sp³-hybridized carbons (Fsp3) is 0.263. The van der Waals surface area contributed by atoms with Crippen LogP contribution in [-0.2, 0) is 17.6 Å². The summed E-state index contributed by atoms with van der Waals surface area (Å²) in [7, 11) is 0. The van der Waals surface area contributed by atoms with E-state index < -0.39 is 0 Å². The number of ketones is 1. The predicted molar refractivity (Wildman–Crippen MR) is 108 cm³/mol. The first-order valence-electron chi connectivity index (χ1n) is 8.76. The van der Waals surface area contributed by atoms with Crippen molar-refractivity contribution in [1.82, 2.24) is 29.9 Å². The van der Waals surface area contributed by atoms with E-state index in [1.54, 1.807) is 36.4 Å². The van der Waals surface area contributed by atoms with Crippen molar-refractivity contribution in [2.24, 2.45) is 0 Å². The molecule has 0 aliphatic heterocycles. The Labute approximate surface area is 170 Å². The van der Waals surface area contributed by atoms with Crippen LogP contribution in [0.15, 0.2) is 36.4 Å². The highest BCUT2D eigenvalue weighted by Gasteiger charge is 2.17. The number of carbonyl (C=O) groups excluding carboxylic acids is 1. The predicted octanol–water partition coefficient (Wildman–Crippen LogP) is 3.80. The number of pyridine rings is 2. The number of hydrogen-bond donors (Lipinski definition) is 0. The lowest BCUT2D eigenvalue weighted by Crippen LogP contribution is -2.11. The van der Waals surface area contributed by atoms with Crippen molar-refractivity contribution in [3.05, 3.63) is 58.1 Å². The minimum absolute atomic E-state index is 0.0705. The molecule has 4 heterocycles. The summed E-state index contributed by atoms with van der Waals surface area (Å²) in [6.45, 7) is 4.21. The van der Waals surface area contributed by atoms with Gasteiger partial charge in [-0.25, -0.2) is 15.0 Å². The summed E-state index contributed by atoms with van der Waals surface area (Å²) in [6, 6.07) is 1.73. The summed E-state index contributed by atoms with van der Waals surface area (Å²) in [4.78, 5) is 28.1. The van der Waals surface area contributed by atoms with Gasteiger partial charge in [-0.15, -0.1) is 16.1 Å². The van der Waals surface area contributed by atoms with Gasteiger partial charge >= 0.3 is 0 Å². The molecule has 4 rings (SSSR count). The molecule has 4 aromatic heterocycles. The molecule has 0 fully saturated rings. The van der Waals surface area contributed by atoms with Gasteiger partial charge in [0, 0.05) is 25.2 Å². The zero-order chi connectivity index (χ0) is 19.7. The molecule has 0 amide bonds. The molecule has 0 aromatic carbocycles. The number of aromatic nitrogens is 6. The SMILES string of the molecule is CC(C)c1c(CC(=O)Cc2cnc(-n3nccn3)c(Cl)c2)cnc2scnc12. The van der Waals surface area contributed by atoms with Gasteiger partial charge in [0.15, 0.2) is 5.82 Å². The molecule has 0 N–H and O–H groups in total. The van der Waals surface area contributed by atoms with Gasteiger partial charge in [0.05, 0.1) is 22.9 Å². The first-order chi connectivity index (χ1) is 13.5. The number of nitrogens with zero attached hydrogens (tertiary/aromatic N) is 6. The largest absolute Gasteiger partial charge is 0.299 e. The van der Waals surface area contributed by atoms with Crippen LogP contribution < -0.4 is 0 Å². The summed E-state index contributed by atoms with van der Waals surface area (Å²) in [5, 5.41) is 8.44. The van der Waals surface area contributed by atoms with Gasteiger partial charge in [0.2, 0.25) is 0 Å². The lowest BCUT2D eigenvalue weighted by molar-refractivity contribution is -0.117. The average Bonchev–Trinajstić information content (AvgIpc) is 3.32. The van der Waals surface area contributed by atoms with Crippen LogP contribution in [0.4, 0.5) is 0 Å². The van der Waals surface area contributed by atoms with E-state index in [-0.39, 0.29) is 18.1 Å². The normalized spacial score (nSPS) is 11.4. The first kappa shape index (κ1) is 18.6. The van der Waals surface area contributed by atoms with E-state index in [9.17, 15) is 4.79 Å². The Kier molecular flexibility index (Phi) is 5.15. The topological polar surface area (TPSA) is 86.5 Å². The van der Waals surface area contributed by atoms with Gasteiger partial charge in [0.25, 0.3) is 0 Å². The lowest BCUT2D eigenvalue weighted by atomic mass is 9.94. The maximum Gasteiger partial charge on any atom is 0.193 e.